The lowest BCUT2D eigenvalue weighted by molar-refractivity contribution is 0.330. The molecule has 4 heteroatoms. The molecule has 106 valence electrons. The second kappa shape index (κ2) is 6.07. The van der Waals surface area contributed by atoms with Crippen LogP contribution >= 0.6 is 0 Å². The molecule has 0 aliphatic heterocycles. The first-order valence-corrected chi connectivity index (χ1v) is 7.57. The molecule has 1 fully saturated rings. The van der Waals surface area contributed by atoms with Gasteiger partial charge in [0.2, 0.25) is 0 Å². The van der Waals surface area contributed by atoms with Crippen molar-refractivity contribution >= 4 is 5.69 Å². The number of para-hydroxylation sites is 2. The van der Waals surface area contributed by atoms with E-state index in [1.54, 1.807) is 12.7 Å². The van der Waals surface area contributed by atoms with E-state index in [0.29, 0.717) is 6.04 Å². The zero-order valence-corrected chi connectivity index (χ0v) is 12.0. The van der Waals surface area contributed by atoms with E-state index in [1.807, 2.05) is 10.7 Å². The maximum absolute atomic E-state index is 4.23. The van der Waals surface area contributed by atoms with Gasteiger partial charge in [-0.3, -0.25) is 0 Å². The predicted octanol–water partition coefficient (Wildman–Crippen LogP) is 3.65. The second-order valence-corrected chi connectivity index (χ2v) is 5.63. The summed E-state index contributed by atoms with van der Waals surface area (Å²) < 4.78 is 1.82. The molecule has 3 rings (SSSR count). The van der Waals surface area contributed by atoms with E-state index in [2.05, 4.69) is 40.5 Å². The van der Waals surface area contributed by atoms with Crippen molar-refractivity contribution in [2.75, 3.05) is 5.32 Å². The van der Waals surface area contributed by atoms with Gasteiger partial charge in [0.1, 0.15) is 12.7 Å². The summed E-state index contributed by atoms with van der Waals surface area (Å²) in [5.41, 5.74) is 2.22. The van der Waals surface area contributed by atoms with Crippen molar-refractivity contribution in [3.63, 3.8) is 0 Å². The summed E-state index contributed by atoms with van der Waals surface area (Å²) >= 11 is 0. The van der Waals surface area contributed by atoms with Gasteiger partial charge in [0, 0.05) is 6.04 Å². The lowest BCUT2D eigenvalue weighted by Gasteiger charge is -2.29. The molecule has 1 aromatic carbocycles. The predicted molar refractivity (Wildman–Crippen MR) is 81.0 cm³/mol. The monoisotopic (exact) mass is 270 g/mol. The third-order valence-corrected chi connectivity index (χ3v) is 4.35. The molecule has 1 aliphatic rings. The first-order chi connectivity index (χ1) is 9.86. The molecule has 1 heterocycles. The summed E-state index contributed by atoms with van der Waals surface area (Å²) in [6.07, 6.45) is 9.87. The SMILES string of the molecule is CCC1CCC(Nc2ccccc2-n2cncn2)CC1. The summed E-state index contributed by atoms with van der Waals surface area (Å²) in [6, 6.07) is 8.90. The van der Waals surface area contributed by atoms with Gasteiger partial charge in [-0.1, -0.05) is 25.5 Å². The van der Waals surface area contributed by atoms with Crippen LogP contribution in [0.25, 0.3) is 5.69 Å². The highest BCUT2D eigenvalue weighted by Crippen LogP contribution is 2.29. The Labute approximate surface area is 120 Å². The number of hydrogen-bond acceptors (Lipinski definition) is 3. The van der Waals surface area contributed by atoms with Gasteiger partial charge in [0.05, 0.1) is 11.4 Å². The first-order valence-electron chi connectivity index (χ1n) is 7.57. The van der Waals surface area contributed by atoms with Crippen molar-refractivity contribution in [3.8, 4) is 5.69 Å². The van der Waals surface area contributed by atoms with E-state index < -0.39 is 0 Å². The molecular weight excluding hydrogens is 248 g/mol. The summed E-state index contributed by atoms with van der Waals surface area (Å²) in [7, 11) is 0. The maximum Gasteiger partial charge on any atom is 0.138 e. The summed E-state index contributed by atoms with van der Waals surface area (Å²) in [5, 5.41) is 7.92. The maximum atomic E-state index is 4.23. The number of hydrogen-bond donors (Lipinski definition) is 1. The van der Waals surface area contributed by atoms with Crippen LogP contribution in [0.1, 0.15) is 39.0 Å². The Morgan fingerprint density at radius 2 is 2.00 bits per heavy atom. The minimum absolute atomic E-state index is 0.586. The Bertz CT molecular complexity index is 527. The van der Waals surface area contributed by atoms with Crippen LogP contribution in [-0.4, -0.2) is 20.8 Å². The van der Waals surface area contributed by atoms with Crippen molar-refractivity contribution < 1.29 is 0 Å². The zero-order valence-electron chi connectivity index (χ0n) is 12.0. The largest absolute Gasteiger partial charge is 0.381 e. The van der Waals surface area contributed by atoms with Crippen molar-refractivity contribution in [2.45, 2.75) is 45.1 Å². The lowest BCUT2D eigenvalue weighted by atomic mass is 9.84. The van der Waals surface area contributed by atoms with Crippen LogP contribution in [0.4, 0.5) is 5.69 Å². The second-order valence-electron chi connectivity index (χ2n) is 5.63. The molecule has 0 saturated heterocycles. The molecule has 0 bridgehead atoms. The van der Waals surface area contributed by atoms with Gasteiger partial charge < -0.3 is 5.32 Å². The van der Waals surface area contributed by atoms with Crippen LogP contribution in [-0.2, 0) is 0 Å². The number of nitrogens with one attached hydrogen (secondary N) is 1. The fourth-order valence-electron chi connectivity index (χ4n) is 3.06. The third kappa shape index (κ3) is 2.84. The minimum Gasteiger partial charge on any atom is -0.381 e. The average molecular weight is 270 g/mol. The molecule has 20 heavy (non-hydrogen) atoms. The lowest BCUT2D eigenvalue weighted by Crippen LogP contribution is -2.26. The van der Waals surface area contributed by atoms with E-state index in [4.69, 9.17) is 0 Å². The minimum atomic E-state index is 0.586. The van der Waals surface area contributed by atoms with Gasteiger partial charge in [-0.25, -0.2) is 9.67 Å². The van der Waals surface area contributed by atoms with E-state index >= 15 is 0 Å². The van der Waals surface area contributed by atoms with Crippen LogP contribution in [0.2, 0.25) is 0 Å². The quantitative estimate of drug-likeness (QED) is 0.922. The molecule has 1 aliphatic carbocycles. The molecule has 0 spiro atoms. The fourth-order valence-corrected chi connectivity index (χ4v) is 3.06. The smallest absolute Gasteiger partial charge is 0.138 e. The Balaban J connectivity index is 1.72. The molecule has 0 unspecified atom stereocenters. The third-order valence-electron chi connectivity index (χ3n) is 4.35. The van der Waals surface area contributed by atoms with E-state index in [0.717, 1.165) is 17.3 Å². The normalized spacial score (nSPS) is 22.6. The molecule has 2 aromatic rings. The van der Waals surface area contributed by atoms with Crippen molar-refractivity contribution in [1.29, 1.82) is 0 Å². The Morgan fingerprint density at radius 1 is 1.20 bits per heavy atom. The molecule has 0 radical (unpaired) electrons. The van der Waals surface area contributed by atoms with Crippen LogP contribution in [0.15, 0.2) is 36.9 Å². The van der Waals surface area contributed by atoms with Gasteiger partial charge in [-0.15, -0.1) is 0 Å². The molecule has 1 N–H and O–H groups in total. The van der Waals surface area contributed by atoms with E-state index in [1.165, 1.54) is 32.1 Å². The fraction of sp³-hybridized carbons (Fsp3) is 0.500. The van der Waals surface area contributed by atoms with Gasteiger partial charge in [-0.2, -0.15) is 5.10 Å². The van der Waals surface area contributed by atoms with Crippen molar-refractivity contribution in [2.24, 2.45) is 5.92 Å². The highest BCUT2D eigenvalue weighted by atomic mass is 15.3. The van der Waals surface area contributed by atoms with Gasteiger partial charge in [0.15, 0.2) is 0 Å². The number of benzene rings is 1. The number of rotatable bonds is 4. The average Bonchev–Trinajstić information content (AvgIpc) is 3.03. The van der Waals surface area contributed by atoms with Crippen molar-refractivity contribution in [1.82, 2.24) is 14.8 Å². The van der Waals surface area contributed by atoms with E-state index in [-0.39, 0.29) is 0 Å². The van der Waals surface area contributed by atoms with Gasteiger partial charge in [-0.05, 0) is 43.7 Å². The number of anilines is 1. The van der Waals surface area contributed by atoms with Gasteiger partial charge >= 0.3 is 0 Å². The first kappa shape index (κ1) is 13.2. The number of aromatic nitrogens is 3. The van der Waals surface area contributed by atoms with Gasteiger partial charge in [0.25, 0.3) is 0 Å². The Morgan fingerprint density at radius 3 is 2.70 bits per heavy atom. The molecule has 4 nitrogen and oxygen atoms in total. The molecule has 1 saturated carbocycles. The molecular formula is C16H22N4. The van der Waals surface area contributed by atoms with Crippen LogP contribution in [0.5, 0.6) is 0 Å². The highest BCUT2D eigenvalue weighted by Gasteiger charge is 2.20. The highest BCUT2D eigenvalue weighted by molar-refractivity contribution is 5.60. The van der Waals surface area contributed by atoms with Crippen molar-refractivity contribution in [3.05, 3.63) is 36.9 Å². The molecule has 0 amide bonds. The molecule has 0 atom stereocenters. The summed E-state index contributed by atoms with van der Waals surface area (Å²) in [5.74, 6) is 0.929. The zero-order chi connectivity index (χ0) is 13.8. The molecule has 1 aromatic heterocycles. The topological polar surface area (TPSA) is 42.7 Å². The summed E-state index contributed by atoms with van der Waals surface area (Å²) in [4.78, 5) is 4.03. The van der Waals surface area contributed by atoms with Crippen LogP contribution < -0.4 is 5.32 Å². The number of nitrogens with zero attached hydrogens (tertiary/aromatic N) is 3. The summed E-state index contributed by atoms with van der Waals surface area (Å²) in [6.45, 7) is 2.30. The van der Waals surface area contributed by atoms with Crippen LogP contribution in [0, 0.1) is 5.92 Å². The Kier molecular flexibility index (Phi) is 4.00. The van der Waals surface area contributed by atoms with Crippen LogP contribution in [0.3, 0.4) is 0 Å². The Hall–Kier alpha value is -1.84. The van der Waals surface area contributed by atoms with E-state index in [9.17, 15) is 0 Å². The standard InChI is InChI=1S/C16H22N4/c1-2-13-7-9-14(10-8-13)19-15-5-3-4-6-16(15)20-12-17-11-18-20/h3-6,11-14,19H,2,7-10H2,1H3.